The predicted molar refractivity (Wildman–Crippen MR) is 98.9 cm³/mol. The zero-order valence-corrected chi connectivity index (χ0v) is 15.3. The molecule has 0 saturated carbocycles. The van der Waals surface area contributed by atoms with E-state index in [1.165, 1.54) is 96.3 Å². The summed E-state index contributed by atoms with van der Waals surface area (Å²) in [6, 6.07) is 0. The monoisotopic (exact) mass is 294 g/mol. The lowest BCUT2D eigenvalue weighted by Gasteiger charge is -2.06. The Balaban J connectivity index is 3.14. The van der Waals surface area contributed by atoms with E-state index < -0.39 is 0 Å². The molecule has 0 nitrogen and oxygen atoms in total. The van der Waals surface area contributed by atoms with Crippen LogP contribution in [0.5, 0.6) is 0 Å². The van der Waals surface area contributed by atoms with Crippen LogP contribution in [-0.2, 0) is 0 Å². The summed E-state index contributed by atoms with van der Waals surface area (Å²) < 4.78 is 0. The molecule has 126 valence electrons. The van der Waals surface area contributed by atoms with Gasteiger partial charge in [0.15, 0.2) is 0 Å². The fraction of sp³-hybridized carbons (Fsp3) is 0.905. The third-order valence-corrected chi connectivity index (χ3v) is 4.48. The smallest absolute Gasteiger partial charge is 0.0325 e. The molecular formula is C21H42. The molecule has 0 aromatic carbocycles. The van der Waals surface area contributed by atoms with Gasteiger partial charge in [-0.1, -0.05) is 110 Å². The normalized spacial score (nSPS) is 13.1. The quantitative estimate of drug-likeness (QED) is 0.199. The fourth-order valence-electron chi connectivity index (χ4n) is 2.87. The van der Waals surface area contributed by atoms with E-state index in [2.05, 4.69) is 32.9 Å². The minimum atomic E-state index is 0.883. The summed E-state index contributed by atoms with van der Waals surface area (Å²) in [6.45, 7) is 6.97. The molecule has 0 heterocycles. The zero-order valence-electron chi connectivity index (χ0n) is 15.3. The van der Waals surface area contributed by atoms with Crippen molar-refractivity contribution < 1.29 is 0 Å². The van der Waals surface area contributed by atoms with E-state index in [1.54, 1.807) is 0 Å². The van der Waals surface area contributed by atoms with Gasteiger partial charge in [0.25, 0.3) is 0 Å². The molecule has 0 aromatic rings. The van der Waals surface area contributed by atoms with E-state index in [0.29, 0.717) is 0 Å². The molecule has 21 heavy (non-hydrogen) atoms. The topological polar surface area (TPSA) is 0 Å². The highest BCUT2D eigenvalue weighted by atomic mass is 14.0. The lowest BCUT2D eigenvalue weighted by atomic mass is 10.0. The van der Waals surface area contributed by atoms with Gasteiger partial charge in [-0.15, -0.1) is 0 Å². The predicted octanol–water partition coefficient (Wildman–Crippen LogP) is 8.07. The summed E-state index contributed by atoms with van der Waals surface area (Å²) in [5, 5.41) is 0. The van der Waals surface area contributed by atoms with Crippen LogP contribution in [0.1, 0.15) is 117 Å². The molecule has 0 aliphatic rings. The molecule has 0 N–H and O–H groups in total. The van der Waals surface area contributed by atoms with Crippen LogP contribution in [0.3, 0.4) is 0 Å². The average Bonchev–Trinajstić information content (AvgIpc) is 2.49. The maximum absolute atomic E-state index is 2.42. The van der Waals surface area contributed by atoms with Gasteiger partial charge in [0, 0.05) is 0 Å². The summed E-state index contributed by atoms with van der Waals surface area (Å²) in [5.41, 5.74) is 0. The SMILES string of the molecule is CCCCCCCCCCCCC=CC[C@@H](C)CCCC. The summed E-state index contributed by atoms with van der Waals surface area (Å²) in [5.74, 6) is 0.883. The second kappa shape index (κ2) is 17.8. The largest absolute Gasteiger partial charge is 0.0885 e. The minimum Gasteiger partial charge on any atom is -0.0885 e. The Kier molecular flexibility index (Phi) is 17.6. The lowest BCUT2D eigenvalue weighted by molar-refractivity contribution is 0.511. The molecule has 0 amide bonds. The van der Waals surface area contributed by atoms with Crippen molar-refractivity contribution in [1.82, 2.24) is 0 Å². The van der Waals surface area contributed by atoms with Crippen LogP contribution < -0.4 is 0 Å². The molecule has 1 atom stereocenters. The standard InChI is InChI=1S/C21H42/c1-4-6-8-9-10-11-12-13-14-15-16-17-18-20-21(3)19-7-5-2/h17-18,21H,4-16,19-20H2,1-3H3/t21-/m0/s1. The molecule has 0 unspecified atom stereocenters. The van der Waals surface area contributed by atoms with Crippen LogP contribution >= 0.6 is 0 Å². The Morgan fingerprint density at radius 2 is 1.14 bits per heavy atom. The molecule has 0 spiro atoms. The average molecular weight is 295 g/mol. The second-order valence-corrected chi connectivity index (χ2v) is 6.93. The van der Waals surface area contributed by atoms with Crippen molar-refractivity contribution in [3.05, 3.63) is 12.2 Å². The minimum absolute atomic E-state index is 0.883. The van der Waals surface area contributed by atoms with Gasteiger partial charge >= 0.3 is 0 Å². The highest BCUT2D eigenvalue weighted by molar-refractivity contribution is 4.83. The number of hydrogen-bond acceptors (Lipinski definition) is 0. The van der Waals surface area contributed by atoms with Gasteiger partial charge in [0.1, 0.15) is 0 Å². The Hall–Kier alpha value is -0.260. The molecule has 0 heteroatoms. The van der Waals surface area contributed by atoms with Crippen LogP contribution in [0.25, 0.3) is 0 Å². The van der Waals surface area contributed by atoms with Crippen molar-refractivity contribution in [3.8, 4) is 0 Å². The van der Waals surface area contributed by atoms with Crippen molar-refractivity contribution in [2.45, 2.75) is 117 Å². The summed E-state index contributed by atoms with van der Waals surface area (Å²) >= 11 is 0. The highest BCUT2D eigenvalue weighted by Crippen LogP contribution is 2.14. The van der Waals surface area contributed by atoms with Crippen molar-refractivity contribution in [1.29, 1.82) is 0 Å². The van der Waals surface area contributed by atoms with Gasteiger partial charge in [-0.05, 0) is 25.2 Å². The molecule has 0 aromatic heterocycles. The zero-order chi connectivity index (χ0) is 15.6. The maximum Gasteiger partial charge on any atom is -0.0325 e. The van der Waals surface area contributed by atoms with E-state index in [0.717, 1.165) is 5.92 Å². The Morgan fingerprint density at radius 1 is 0.619 bits per heavy atom. The summed E-state index contributed by atoms with van der Waals surface area (Å²) in [6.07, 6.45) is 26.0. The third kappa shape index (κ3) is 17.7. The first-order chi connectivity index (χ1) is 10.3. The maximum atomic E-state index is 2.42. The first-order valence-corrected chi connectivity index (χ1v) is 9.96. The lowest BCUT2D eigenvalue weighted by Crippen LogP contribution is -1.91. The van der Waals surface area contributed by atoms with Crippen molar-refractivity contribution in [3.63, 3.8) is 0 Å². The molecule has 0 radical (unpaired) electrons. The van der Waals surface area contributed by atoms with E-state index in [9.17, 15) is 0 Å². The van der Waals surface area contributed by atoms with Gasteiger partial charge in [0.2, 0.25) is 0 Å². The Labute approximate surface area is 135 Å². The van der Waals surface area contributed by atoms with Crippen LogP contribution in [0, 0.1) is 5.92 Å². The van der Waals surface area contributed by atoms with Crippen LogP contribution in [0.4, 0.5) is 0 Å². The van der Waals surface area contributed by atoms with E-state index >= 15 is 0 Å². The van der Waals surface area contributed by atoms with Crippen molar-refractivity contribution in [2.75, 3.05) is 0 Å². The molecule has 0 bridgehead atoms. The molecule has 0 aliphatic heterocycles. The van der Waals surface area contributed by atoms with Gasteiger partial charge in [-0.2, -0.15) is 0 Å². The Bertz CT molecular complexity index is 204. The molecule has 0 saturated heterocycles. The van der Waals surface area contributed by atoms with E-state index in [4.69, 9.17) is 0 Å². The van der Waals surface area contributed by atoms with Crippen molar-refractivity contribution >= 4 is 0 Å². The van der Waals surface area contributed by atoms with Gasteiger partial charge < -0.3 is 0 Å². The number of rotatable bonds is 16. The second-order valence-electron chi connectivity index (χ2n) is 6.93. The number of unbranched alkanes of at least 4 members (excludes halogenated alkanes) is 11. The van der Waals surface area contributed by atoms with E-state index in [-0.39, 0.29) is 0 Å². The van der Waals surface area contributed by atoms with Gasteiger partial charge in [-0.25, -0.2) is 0 Å². The molecule has 0 fully saturated rings. The molecular weight excluding hydrogens is 252 g/mol. The fourth-order valence-corrected chi connectivity index (χ4v) is 2.87. The highest BCUT2D eigenvalue weighted by Gasteiger charge is 1.97. The number of allylic oxidation sites excluding steroid dienone is 2. The van der Waals surface area contributed by atoms with Crippen LogP contribution in [0.2, 0.25) is 0 Å². The van der Waals surface area contributed by atoms with Gasteiger partial charge in [0.05, 0.1) is 0 Å². The Morgan fingerprint density at radius 3 is 1.71 bits per heavy atom. The summed E-state index contributed by atoms with van der Waals surface area (Å²) in [7, 11) is 0. The van der Waals surface area contributed by atoms with Crippen molar-refractivity contribution in [2.24, 2.45) is 5.92 Å². The molecule has 0 aliphatic carbocycles. The first kappa shape index (κ1) is 20.7. The van der Waals surface area contributed by atoms with E-state index in [1.807, 2.05) is 0 Å². The van der Waals surface area contributed by atoms with Crippen LogP contribution in [0.15, 0.2) is 12.2 Å². The van der Waals surface area contributed by atoms with Gasteiger partial charge in [-0.3, -0.25) is 0 Å². The third-order valence-electron chi connectivity index (χ3n) is 4.48. The summed E-state index contributed by atoms with van der Waals surface area (Å²) in [4.78, 5) is 0. The number of hydrogen-bond donors (Lipinski definition) is 0. The first-order valence-electron chi connectivity index (χ1n) is 9.96. The van der Waals surface area contributed by atoms with Crippen LogP contribution in [-0.4, -0.2) is 0 Å². The molecule has 0 rings (SSSR count).